The highest BCUT2D eigenvalue weighted by atomic mass is 32.2. The molecule has 0 spiro atoms. The average molecular weight is 282 g/mol. The summed E-state index contributed by atoms with van der Waals surface area (Å²) in [6, 6.07) is 3.17. The van der Waals surface area contributed by atoms with Crippen LogP contribution < -0.4 is 4.72 Å². The van der Waals surface area contributed by atoms with Crippen LogP contribution in [0.1, 0.15) is 26.3 Å². The van der Waals surface area contributed by atoms with Crippen LogP contribution in [0.4, 0.5) is 5.82 Å². The minimum atomic E-state index is -3.44. The third-order valence-corrected chi connectivity index (χ3v) is 3.72. The van der Waals surface area contributed by atoms with Crippen LogP contribution in [-0.4, -0.2) is 30.9 Å². The summed E-state index contributed by atoms with van der Waals surface area (Å²) in [4.78, 5) is 3.94. The Balaban J connectivity index is 2.88. The van der Waals surface area contributed by atoms with Gasteiger partial charge in [-0.2, -0.15) is 0 Å². The normalized spacial score (nSPS) is 11.6. The maximum atomic E-state index is 11.9. The fraction of sp³-hybridized carbons (Fsp3) is 0.462. The molecule has 1 aromatic rings. The second kappa shape index (κ2) is 6.04. The summed E-state index contributed by atoms with van der Waals surface area (Å²) in [5.41, 5.74) is 0.262. The van der Waals surface area contributed by atoms with Gasteiger partial charge in [-0.1, -0.05) is 32.6 Å². The van der Waals surface area contributed by atoms with E-state index in [0.717, 1.165) is 0 Å². The fourth-order valence-electron chi connectivity index (χ4n) is 1.47. The molecule has 1 heterocycles. The summed E-state index contributed by atoms with van der Waals surface area (Å²) in [5, 5.41) is 8.61. The highest BCUT2D eigenvalue weighted by Crippen LogP contribution is 2.17. The zero-order chi connectivity index (χ0) is 14.5. The van der Waals surface area contributed by atoms with Crippen molar-refractivity contribution in [1.29, 1.82) is 0 Å². The molecule has 0 aliphatic heterocycles. The number of aromatic nitrogens is 1. The quantitative estimate of drug-likeness (QED) is 0.817. The zero-order valence-electron chi connectivity index (χ0n) is 11.3. The summed E-state index contributed by atoms with van der Waals surface area (Å²) >= 11 is 0. The van der Waals surface area contributed by atoms with E-state index in [1.54, 1.807) is 6.07 Å². The number of hydrogen-bond donors (Lipinski definition) is 2. The first-order chi connectivity index (χ1) is 8.72. The smallest absolute Gasteiger partial charge is 0.234 e. The standard InChI is InChI=1S/C13H18N2O3S/c1-13(2,3)10-19(17,18)15-12-9-11(5-4-8-16)6-7-14-12/h6-7,9,16H,8,10H2,1-3H3,(H,14,15). The van der Waals surface area contributed by atoms with Crippen molar-refractivity contribution >= 4 is 15.8 Å². The number of aliphatic hydroxyl groups is 1. The van der Waals surface area contributed by atoms with Crippen molar-refractivity contribution in [2.24, 2.45) is 5.41 Å². The van der Waals surface area contributed by atoms with Gasteiger partial charge in [0.1, 0.15) is 12.4 Å². The van der Waals surface area contributed by atoms with Crippen molar-refractivity contribution in [3.8, 4) is 11.8 Å². The largest absolute Gasteiger partial charge is 0.384 e. The Hall–Kier alpha value is -1.58. The van der Waals surface area contributed by atoms with E-state index in [-0.39, 0.29) is 23.6 Å². The lowest BCUT2D eigenvalue weighted by molar-refractivity contribution is 0.350. The summed E-state index contributed by atoms with van der Waals surface area (Å²) in [6.45, 7) is 5.31. The SMILES string of the molecule is CC(C)(C)CS(=O)(=O)Nc1cc(C#CCO)ccn1. The van der Waals surface area contributed by atoms with Crippen molar-refractivity contribution in [3.63, 3.8) is 0 Å². The van der Waals surface area contributed by atoms with E-state index in [9.17, 15) is 8.42 Å². The molecule has 5 nitrogen and oxygen atoms in total. The maximum Gasteiger partial charge on any atom is 0.234 e. The number of sulfonamides is 1. The number of pyridine rings is 1. The van der Waals surface area contributed by atoms with E-state index in [0.29, 0.717) is 5.56 Å². The minimum absolute atomic E-state index is 0.00816. The summed E-state index contributed by atoms with van der Waals surface area (Å²) in [5.74, 6) is 5.43. The summed E-state index contributed by atoms with van der Waals surface area (Å²) in [6.07, 6.45) is 1.47. The molecule has 0 atom stereocenters. The van der Waals surface area contributed by atoms with Crippen molar-refractivity contribution in [3.05, 3.63) is 23.9 Å². The molecule has 0 amide bonds. The van der Waals surface area contributed by atoms with Gasteiger partial charge in [-0.3, -0.25) is 4.72 Å². The lowest BCUT2D eigenvalue weighted by atomic mass is 10.0. The fourth-order valence-corrected chi connectivity index (χ4v) is 3.11. The Labute approximate surface area is 114 Å². The van der Waals surface area contributed by atoms with Crippen LogP contribution in [0.15, 0.2) is 18.3 Å². The highest BCUT2D eigenvalue weighted by Gasteiger charge is 2.21. The summed E-state index contributed by atoms with van der Waals surface area (Å²) < 4.78 is 26.3. The van der Waals surface area contributed by atoms with Crippen LogP contribution in [0.5, 0.6) is 0 Å². The Morgan fingerprint density at radius 2 is 2.11 bits per heavy atom. The van der Waals surface area contributed by atoms with Gasteiger partial charge in [-0.25, -0.2) is 13.4 Å². The molecule has 2 N–H and O–H groups in total. The third kappa shape index (κ3) is 6.22. The van der Waals surface area contributed by atoms with E-state index in [1.165, 1.54) is 12.3 Å². The van der Waals surface area contributed by atoms with Crippen LogP contribution >= 0.6 is 0 Å². The Bertz CT molecular complexity index is 592. The zero-order valence-corrected chi connectivity index (χ0v) is 12.1. The van der Waals surface area contributed by atoms with Crippen molar-refractivity contribution in [1.82, 2.24) is 4.98 Å². The lowest BCUT2D eigenvalue weighted by Gasteiger charge is -2.18. The molecule has 0 aliphatic rings. The van der Waals surface area contributed by atoms with Crippen LogP contribution in [0, 0.1) is 17.3 Å². The molecule has 0 saturated heterocycles. The van der Waals surface area contributed by atoms with Gasteiger partial charge in [-0.15, -0.1) is 0 Å². The van der Waals surface area contributed by atoms with Gasteiger partial charge in [0.05, 0.1) is 5.75 Å². The molecule has 6 heteroatoms. The molecule has 19 heavy (non-hydrogen) atoms. The van der Waals surface area contributed by atoms with Crippen LogP contribution in [-0.2, 0) is 10.0 Å². The van der Waals surface area contributed by atoms with Gasteiger partial charge in [0.15, 0.2) is 0 Å². The number of nitrogens with one attached hydrogen (secondary N) is 1. The number of rotatable bonds is 3. The van der Waals surface area contributed by atoms with Crippen LogP contribution in [0.3, 0.4) is 0 Å². The molecule has 1 rings (SSSR count). The Morgan fingerprint density at radius 1 is 1.42 bits per heavy atom. The van der Waals surface area contributed by atoms with E-state index in [1.807, 2.05) is 20.8 Å². The van der Waals surface area contributed by atoms with Crippen molar-refractivity contribution < 1.29 is 13.5 Å². The topological polar surface area (TPSA) is 79.3 Å². The first-order valence-electron chi connectivity index (χ1n) is 5.78. The number of aliphatic hydroxyl groups excluding tert-OH is 1. The molecule has 0 unspecified atom stereocenters. The van der Waals surface area contributed by atoms with E-state index in [4.69, 9.17) is 5.11 Å². The number of anilines is 1. The monoisotopic (exact) mass is 282 g/mol. The predicted octanol–water partition coefficient (Wildman–Crippen LogP) is 1.21. The molecule has 0 aromatic carbocycles. The lowest BCUT2D eigenvalue weighted by Crippen LogP contribution is -2.26. The second-order valence-corrected chi connectivity index (χ2v) is 7.03. The highest BCUT2D eigenvalue weighted by molar-refractivity contribution is 7.92. The van der Waals surface area contributed by atoms with Gasteiger partial charge in [0.25, 0.3) is 0 Å². The number of hydrogen-bond acceptors (Lipinski definition) is 4. The van der Waals surface area contributed by atoms with Crippen molar-refractivity contribution in [2.45, 2.75) is 20.8 Å². The van der Waals surface area contributed by atoms with E-state index in [2.05, 4.69) is 21.5 Å². The van der Waals surface area contributed by atoms with Crippen LogP contribution in [0.25, 0.3) is 0 Å². The third-order valence-electron chi connectivity index (χ3n) is 1.95. The summed E-state index contributed by atoms with van der Waals surface area (Å²) in [7, 11) is -3.44. The predicted molar refractivity (Wildman–Crippen MR) is 75.1 cm³/mol. The maximum absolute atomic E-state index is 11.9. The van der Waals surface area contributed by atoms with E-state index < -0.39 is 10.0 Å². The van der Waals surface area contributed by atoms with Gasteiger partial charge in [0, 0.05) is 11.8 Å². The Kier molecular flexibility index (Phi) is 4.92. The molecule has 1 aromatic heterocycles. The first kappa shape index (κ1) is 15.5. The number of nitrogens with zero attached hydrogens (tertiary/aromatic N) is 1. The molecular formula is C13H18N2O3S. The van der Waals surface area contributed by atoms with Gasteiger partial charge in [0.2, 0.25) is 10.0 Å². The van der Waals surface area contributed by atoms with Gasteiger partial charge >= 0.3 is 0 Å². The van der Waals surface area contributed by atoms with E-state index >= 15 is 0 Å². The molecule has 0 bridgehead atoms. The minimum Gasteiger partial charge on any atom is -0.384 e. The van der Waals surface area contributed by atoms with Gasteiger partial charge in [-0.05, 0) is 17.5 Å². The molecule has 0 fully saturated rings. The van der Waals surface area contributed by atoms with Gasteiger partial charge < -0.3 is 5.11 Å². The molecule has 0 aliphatic carbocycles. The average Bonchev–Trinajstić information content (AvgIpc) is 2.22. The molecule has 0 saturated carbocycles. The second-order valence-electron chi connectivity index (χ2n) is 5.31. The van der Waals surface area contributed by atoms with Crippen LogP contribution in [0.2, 0.25) is 0 Å². The molecule has 104 valence electrons. The Morgan fingerprint density at radius 3 is 2.68 bits per heavy atom. The first-order valence-corrected chi connectivity index (χ1v) is 7.43. The molecule has 0 radical (unpaired) electrons. The van der Waals surface area contributed by atoms with Crippen molar-refractivity contribution in [2.75, 3.05) is 17.1 Å². The molecular weight excluding hydrogens is 264 g/mol.